The number of ether oxygens (including phenoxy) is 2. The van der Waals surface area contributed by atoms with Gasteiger partial charge in [-0.2, -0.15) is 0 Å². The van der Waals surface area contributed by atoms with E-state index in [1.165, 1.54) is 11.3 Å². The average Bonchev–Trinajstić information content (AvgIpc) is 3.23. The van der Waals surface area contributed by atoms with Crippen LogP contribution in [0.3, 0.4) is 0 Å². The van der Waals surface area contributed by atoms with Crippen LogP contribution in [0.25, 0.3) is 0 Å². The highest BCUT2D eigenvalue weighted by Gasteiger charge is 2.31. The predicted octanol–water partition coefficient (Wildman–Crippen LogP) is 4.33. The summed E-state index contributed by atoms with van der Waals surface area (Å²) < 4.78 is 10.8. The third kappa shape index (κ3) is 5.12. The van der Waals surface area contributed by atoms with E-state index in [9.17, 15) is 9.59 Å². The van der Waals surface area contributed by atoms with Gasteiger partial charge in [-0.25, -0.2) is 0 Å². The Labute approximate surface area is 200 Å². The van der Waals surface area contributed by atoms with E-state index in [2.05, 4.69) is 15.5 Å². The quantitative estimate of drug-likeness (QED) is 0.534. The minimum atomic E-state index is -0.313. The number of hydrogen-bond donors (Lipinski definition) is 1. The molecule has 0 fully saturated rings. The Balaban J connectivity index is 1.58. The molecule has 1 aliphatic heterocycles. The van der Waals surface area contributed by atoms with Gasteiger partial charge in [0.25, 0.3) is 0 Å². The Hall–Kier alpha value is -3.11. The zero-order valence-electron chi connectivity index (χ0n) is 18.5. The third-order valence-corrected chi connectivity index (χ3v) is 7.49. The summed E-state index contributed by atoms with van der Waals surface area (Å²) in [7, 11) is 3.18. The van der Waals surface area contributed by atoms with Gasteiger partial charge in [0.1, 0.15) is 11.6 Å². The summed E-state index contributed by atoms with van der Waals surface area (Å²) in [4.78, 5) is 28.5. The maximum Gasteiger partial charge on any atom is 0.246 e. The van der Waals surface area contributed by atoms with Crippen LogP contribution in [-0.4, -0.2) is 42.8 Å². The zero-order valence-corrected chi connectivity index (χ0v) is 20.2. The van der Waals surface area contributed by atoms with Gasteiger partial charge in [-0.15, -0.1) is 22.0 Å². The second-order valence-corrected chi connectivity index (χ2v) is 9.58. The average molecular weight is 485 g/mol. The number of para-hydroxylation sites is 1. The monoisotopic (exact) mass is 484 g/mol. The molecule has 0 radical (unpaired) electrons. The van der Waals surface area contributed by atoms with E-state index in [0.717, 1.165) is 27.6 Å². The molecule has 0 saturated heterocycles. The first-order valence-corrected chi connectivity index (χ1v) is 12.1. The number of nitrogens with one attached hydrogen (secondary N) is 1. The lowest BCUT2D eigenvalue weighted by molar-refractivity contribution is -0.121. The summed E-state index contributed by atoms with van der Waals surface area (Å²) in [6, 6.07) is 13.3. The van der Waals surface area contributed by atoms with Crippen LogP contribution < -0.4 is 19.7 Å². The maximum absolute atomic E-state index is 13.3. The number of carbonyl (C=O) groups is 2. The van der Waals surface area contributed by atoms with Crippen LogP contribution in [0.4, 0.5) is 10.8 Å². The van der Waals surface area contributed by atoms with E-state index in [1.54, 1.807) is 30.9 Å². The number of amides is 2. The van der Waals surface area contributed by atoms with Crippen LogP contribution in [0.5, 0.6) is 11.5 Å². The molecule has 2 amide bonds. The molecule has 0 bridgehead atoms. The molecule has 1 aliphatic rings. The molecule has 1 unspecified atom stereocenters. The molecule has 0 saturated carbocycles. The predicted molar refractivity (Wildman–Crippen MR) is 129 cm³/mol. The summed E-state index contributed by atoms with van der Waals surface area (Å²) in [6.45, 7) is 1.88. The summed E-state index contributed by atoms with van der Waals surface area (Å²) in [5.41, 5.74) is 1.67. The molecular weight excluding hydrogens is 460 g/mol. The molecule has 8 nitrogen and oxygen atoms in total. The number of methoxy groups -OCH3 is 2. The van der Waals surface area contributed by atoms with E-state index >= 15 is 0 Å². The normalized spacial score (nSPS) is 15.5. The number of fused-ring (bicyclic) bond motifs is 1. The van der Waals surface area contributed by atoms with Crippen molar-refractivity contribution in [2.24, 2.45) is 0 Å². The number of rotatable bonds is 7. The van der Waals surface area contributed by atoms with Crippen molar-refractivity contribution < 1.29 is 19.1 Å². The van der Waals surface area contributed by atoms with Crippen LogP contribution in [0.1, 0.15) is 29.2 Å². The lowest BCUT2D eigenvalue weighted by Gasteiger charge is -2.21. The minimum Gasteiger partial charge on any atom is -0.493 e. The molecule has 4 rings (SSSR count). The standard InChI is InChI=1S/C23H24N4O4S2/c1-4-21-25-26-23(33-21)24-20(28)13-27-15-7-5-6-8-18(15)32-19(12-22(27)29)14-9-10-16(30-2)17(11-14)31-3/h5-11,19H,4,12-13H2,1-3H3,(H,24,26,28). The van der Waals surface area contributed by atoms with Gasteiger partial charge in [-0.1, -0.05) is 36.5 Å². The molecule has 1 aromatic heterocycles. The van der Waals surface area contributed by atoms with Gasteiger partial charge in [0.05, 0.1) is 19.9 Å². The maximum atomic E-state index is 13.3. The molecule has 1 N–H and O–H groups in total. The SMILES string of the molecule is CCc1nnc(NC(=O)CN2C(=O)CC(c3ccc(OC)c(OC)c3)Sc3ccccc32)s1. The lowest BCUT2D eigenvalue weighted by atomic mass is 10.1. The second-order valence-electron chi connectivity index (χ2n) is 7.28. The molecule has 10 heteroatoms. The van der Waals surface area contributed by atoms with Crippen LogP contribution in [0.15, 0.2) is 47.4 Å². The smallest absolute Gasteiger partial charge is 0.246 e. The highest BCUT2D eigenvalue weighted by Crippen LogP contribution is 2.46. The molecule has 3 aromatic rings. The summed E-state index contributed by atoms with van der Waals surface area (Å²) in [5.74, 6) is 0.800. The van der Waals surface area contributed by atoms with E-state index < -0.39 is 0 Å². The van der Waals surface area contributed by atoms with Crippen molar-refractivity contribution in [1.82, 2.24) is 10.2 Å². The Kier molecular flexibility index (Phi) is 7.14. The largest absolute Gasteiger partial charge is 0.493 e. The lowest BCUT2D eigenvalue weighted by Crippen LogP contribution is -2.38. The van der Waals surface area contributed by atoms with Crippen molar-refractivity contribution in [3.05, 3.63) is 53.0 Å². The fourth-order valence-electron chi connectivity index (χ4n) is 3.54. The number of anilines is 2. The molecule has 172 valence electrons. The van der Waals surface area contributed by atoms with Gasteiger partial charge in [-0.3, -0.25) is 14.9 Å². The van der Waals surface area contributed by atoms with Crippen molar-refractivity contribution in [3.63, 3.8) is 0 Å². The Morgan fingerprint density at radius 1 is 1.15 bits per heavy atom. The third-order valence-electron chi connectivity index (χ3n) is 5.18. The van der Waals surface area contributed by atoms with Gasteiger partial charge in [-0.05, 0) is 36.2 Å². The molecule has 1 atom stereocenters. The zero-order chi connectivity index (χ0) is 23.4. The highest BCUT2D eigenvalue weighted by molar-refractivity contribution is 7.99. The number of thioether (sulfide) groups is 1. The number of benzene rings is 2. The van der Waals surface area contributed by atoms with Gasteiger partial charge < -0.3 is 14.4 Å². The minimum absolute atomic E-state index is 0.101. The van der Waals surface area contributed by atoms with Crippen LogP contribution in [0, 0.1) is 0 Å². The molecule has 0 spiro atoms. The molecule has 2 heterocycles. The van der Waals surface area contributed by atoms with E-state index in [1.807, 2.05) is 49.4 Å². The summed E-state index contributed by atoms with van der Waals surface area (Å²) in [6.07, 6.45) is 0.987. The number of nitrogens with zero attached hydrogens (tertiary/aromatic N) is 3. The molecule has 0 aliphatic carbocycles. The van der Waals surface area contributed by atoms with Crippen LogP contribution in [-0.2, 0) is 16.0 Å². The van der Waals surface area contributed by atoms with Crippen molar-refractivity contribution in [3.8, 4) is 11.5 Å². The van der Waals surface area contributed by atoms with E-state index in [4.69, 9.17) is 9.47 Å². The summed E-state index contributed by atoms with van der Waals surface area (Å²) in [5, 5.41) is 11.9. The van der Waals surface area contributed by atoms with E-state index in [-0.39, 0.29) is 30.0 Å². The molecule has 33 heavy (non-hydrogen) atoms. The Morgan fingerprint density at radius 3 is 2.67 bits per heavy atom. The number of aryl methyl sites for hydroxylation is 1. The van der Waals surface area contributed by atoms with Crippen LogP contribution in [0.2, 0.25) is 0 Å². The number of hydrogen-bond acceptors (Lipinski definition) is 8. The highest BCUT2D eigenvalue weighted by atomic mass is 32.2. The molecule has 2 aromatic carbocycles. The number of aromatic nitrogens is 2. The fourth-order valence-corrected chi connectivity index (χ4v) is 5.51. The van der Waals surface area contributed by atoms with Gasteiger partial charge in [0.2, 0.25) is 16.9 Å². The fraction of sp³-hybridized carbons (Fsp3) is 0.304. The van der Waals surface area contributed by atoms with Crippen molar-refractivity contribution >= 4 is 45.7 Å². The van der Waals surface area contributed by atoms with Crippen LogP contribution >= 0.6 is 23.1 Å². The topological polar surface area (TPSA) is 93.7 Å². The molecular formula is C23H24N4O4S2. The Bertz CT molecular complexity index is 1170. The second kappa shape index (κ2) is 10.2. The van der Waals surface area contributed by atoms with Crippen molar-refractivity contribution in [2.75, 3.05) is 31.0 Å². The van der Waals surface area contributed by atoms with Gasteiger partial charge in [0, 0.05) is 16.6 Å². The first-order chi connectivity index (χ1) is 16.0. The van der Waals surface area contributed by atoms with Crippen molar-refractivity contribution in [1.29, 1.82) is 0 Å². The number of carbonyl (C=O) groups excluding carboxylic acids is 2. The van der Waals surface area contributed by atoms with Crippen molar-refractivity contribution in [2.45, 2.75) is 29.9 Å². The summed E-state index contributed by atoms with van der Waals surface area (Å²) >= 11 is 2.93. The Morgan fingerprint density at radius 2 is 1.94 bits per heavy atom. The first-order valence-electron chi connectivity index (χ1n) is 10.4. The van der Waals surface area contributed by atoms with Gasteiger partial charge >= 0.3 is 0 Å². The van der Waals surface area contributed by atoms with E-state index in [0.29, 0.717) is 16.6 Å². The van der Waals surface area contributed by atoms with Gasteiger partial charge in [0.15, 0.2) is 11.5 Å². The first kappa shape index (κ1) is 23.1.